The van der Waals surface area contributed by atoms with E-state index in [0.29, 0.717) is 5.56 Å². The Kier molecular flexibility index (Phi) is 4.07. The van der Waals surface area contributed by atoms with E-state index in [1.165, 1.54) is 11.8 Å². The Morgan fingerprint density at radius 2 is 1.95 bits per heavy atom. The zero-order chi connectivity index (χ0) is 14.8. The van der Waals surface area contributed by atoms with Crippen LogP contribution in [-0.4, -0.2) is 25.6 Å². The van der Waals surface area contributed by atoms with E-state index < -0.39 is 0 Å². The van der Waals surface area contributed by atoms with Gasteiger partial charge in [-0.15, -0.1) is 10.2 Å². The molecule has 1 atom stereocenters. The molecule has 0 bridgehead atoms. The first kappa shape index (κ1) is 14.3. The van der Waals surface area contributed by atoms with Crippen LogP contribution in [-0.2, 0) is 0 Å². The molecule has 0 amide bonds. The lowest BCUT2D eigenvalue weighted by atomic mass is 10.1. The number of benzene rings is 1. The van der Waals surface area contributed by atoms with E-state index in [1.54, 1.807) is 0 Å². The summed E-state index contributed by atoms with van der Waals surface area (Å²) in [5, 5.41) is 8.73. The van der Waals surface area contributed by atoms with Crippen molar-refractivity contribution in [2.75, 3.05) is 0 Å². The van der Waals surface area contributed by atoms with Gasteiger partial charge in [0.15, 0.2) is 16.6 Å². The van der Waals surface area contributed by atoms with E-state index in [0.717, 1.165) is 15.3 Å². The Morgan fingerprint density at radius 3 is 2.71 bits per heavy atom. The summed E-state index contributed by atoms with van der Waals surface area (Å²) in [5.41, 5.74) is 1.48. The van der Waals surface area contributed by atoms with Crippen LogP contribution in [0.2, 0.25) is 0 Å². The SMILES string of the molecule is CC(Sc1nnc2ccccn12)C(=O)c1ccc(Br)cc1. The number of nitrogens with zero attached hydrogens (tertiary/aromatic N) is 3. The molecule has 1 aromatic carbocycles. The van der Waals surface area contributed by atoms with Crippen molar-refractivity contribution in [3.63, 3.8) is 0 Å². The van der Waals surface area contributed by atoms with Crippen LogP contribution < -0.4 is 0 Å². The van der Waals surface area contributed by atoms with E-state index >= 15 is 0 Å². The van der Waals surface area contributed by atoms with Gasteiger partial charge in [-0.2, -0.15) is 0 Å². The number of halogens is 1. The first-order valence-corrected chi connectivity index (χ1v) is 8.08. The van der Waals surface area contributed by atoms with Crippen LogP contribution in [0.3, 0.4) is 0 Å². The van der Waals surface area contributed by atoms with E-state index in [-0.39, 0.29) is 11.0 Å². The lowest BCUT2D eigenvalue weighted by Gasteiger charge is -2.09. The van der Waals surface area contributed by atoms with Crippen molar-refractivity contribution in [3.8, 4) is 0 Å². The summed E-state index contributed by atoms with van der Waals surface area (Å²) in [6.07, 6.45) is 1.90. The van der Waals surface area contributed by atoms with Gasteiger partial charge in [0.25, 0.3) is 0 Å². The van der Waals surface area contributed by atoms with Crippen LogP contribution in [0.5, 0.6) is 0 Å². The Balaban J connectivity index is 1.81. The molecule has 0 aliphatic heterocycles. The summed E-state index contributed by atoms with van der Waals surface area (Å²) in [4.78, 5) is 12.4. The van der Waals surface area contributed by atoms with Crippen molar-refractivity contribution in [2.45, 2.75) is 17.3 Å². The summed E-state index contributed by atoms with van der Waals surface area (Å²) in [7, 11) is 0. The highest BCUT2D eigenvalue weighted by molar-refractivity contribution is 9.10. The molecule has 0 saturated heterocycles. The monoisotopic (exact) mass is 361 g/mol. The molecule has 0 radical (unpaired) electrons. The Labute approximate surface area is 134 Å². The molecule has 0 saturated carbocycles. The van der Waals surface area contributed by atoms with E-state index in [9.17, 15) is 4.79 Å². The molecule has 6 heteroatoms. The number of hydrogen-bond acceptors (Lipinski definition) is 4. The topological polar surface area (TPSA) is 47.3 Å². The van der Waals surface area contributed by atoms with Gasteiger partial charge in [0.2, 0.25) is 0 Å². The molecular weight excluding hydrogens is 350 g/mol. The molecular formula is C15H12BrN3OS. The highest BCUT2D eigenvalue weighted by atomic mass is 79.9. The number of pyridine rings is 1. The van der Waals surface area contributed by atoms with Crippen molar-refractivity contribution < 1.29 is 4.79 Å². The van der Waals surface area contributed by atoms with Gasteiger partial charge in [-0.25, -0.2) is 0 Å². The van der Waals surface area contributed by atoms with Crippen molar-refractivity contribution in [2.24, 2.45) is 0 Å². The third-order valence-electron chi connectivity index (χ3n) is 3.06. The summed E-state index contributed by atoms with van der Waals surface area (Å²) in [5.74, 6) is 0.0835. The molecule has 1 unspecified atom stereocenters. The minimum atomic E-state index is -0.223. The predicted molar refractivity (Wildman–Crippen MR) is 86.8 cm³/mol. The number of carbonyl (C=O) groups excluding carboxylic acids is 1. The van der Waals surface area contributed by atoms with Crippen LogP contribution >= 0.6 is 27.7 Å². The number of rotatable bonds is 4. The third kappa shape index (κ3) is 3.01. The molecule has 0 aliphatic rings. The predicted octanol–water partition coefficient (Wildman–Crippen LogP) is 3.86. The zero-order valence-electron chi connectivity index (χ0n) is 11.2. The first-order chi connectivity index (χ1) is 10.1. The smallest absolute Gasteiger partial charge is 0.196 e. The average Bonchev–Trinajstić information content (AvgIpc) is 2.91. The minimum absolute atomic E-state index is 0.0835. The molecule has 3 rings (SSSR count). The van der Waals surface area contributed by atoms with Gasteiger partial charge in [0.05, 0.1) is 5.25 Å². The summed E-state index contributed by atoms with van der Waals surface area (Å²) < 4.78 is 2.85. The summed E-state index contributed by atoms with van der Waals surface area (Å²) in [6.45, 7) is 1.89. The fourth-order valence-electron chi connectivity index (χ4n) is 1.96. The Morgan fingerprint density at radius 1 is 1.19 bits per heavy atom. The van der Waals surface area contributed by atoms with Gasteiger partial charge in [0, 0.05) is 16.2 Å². The second kappa shape index (κ2) is 5.99. The number of aromatic nitrogens is 3. The number of hydrogen-bond donors (Lipinski definition) is 0. The fraction of sp³-hybridized carbons (Fsp3) is 0.133. The van der Waals surface area contributed by atoms with E-state index in [2.05, 4.69) is 26.1 Å². The number of thioether (sulfide) groups is 1. The van der Waals surface area contributed by atoms with Crippen molar-refractivity contribution >= 4 is 39.1 Å². The maximum Gasteiger partial charge on any atom is 0.196 e. The van der Waals surface area contributed by atoms with Gasteiger partial charge in [0.1, 0.15) is 0 Å². The van der Waals surface area contributed by atoms with E-state index in [1.807, 2.05) is 60.0 Å². The number of fused-ring (bicyclic) bond motifs is 1. The fourth-order valence-corrected chi connectivity index (χ4v) is 3.14. The van der Waals surface area contributed by atoms with Crippen LogP contribution in [0.25, 0.3) is 5.65 Å². The van der Waals surface area contributed by atoms with Crippen molar-refractivity contribution in [1.82, 2.24) is 14.6 Å². The Hall–Kier alpha value is -1.66. The highest BCUT2D eigenvalue weighted by Gasteiger charge is 2.19. The molecule has 0 aliphatic carbocycles. The van der Waals surface area contributed by atoms with Crippen LogP contribution in [0.15, 0.2) is 58.3 Å². The quantitative estimate of drug-likeness (QED) is 0.522. The highest BCUT2D eigenvalue weighted by Crippen LogP contribution is 2.25. The standard InChI is InChI=1S/C15H12BrN3OS/c1-10(14(20)11-5-7-12(16)8-6-11)21-15-18-17-13-4-2-3-9-19(13)15/h2-10H,1H3. The largest absolute Gasteiger partial charge is 0.293 e. The van der Waals surface area contributed by atoms with Gasteiger partial charge in [-0.3, -0.25) is 9.20 Å². The number of ketones is 1. The molecule has 106 valence electrons. The lowest BCUT2D eigenvalue weighted by molar-refractivity contribution is 0.0994. The maximum absolute atomic E-state index is 12.4. The minimum Gasteiger partial charge on any atom is -0.293 e. The van der Waals surface area contributed by atoms with Crippen LogP contribution in [0.1, 0.15) is 17.3 Å². The molecule has 0 N–H and O–H groups in total. The van der Waals surface area contributed by atoms with Gasteiger partial charge >= 0.3 is 0 Å². The Bertz CT molecular complexity index is 785. The molecule has 0 fully saturated rings. The normalized spacial score (nSPS) is 12.5. The van der Waals surface area contributed by atoms with Gasteiger partial charge in [-0.05, 0) is 31.2 Å². The molecule has 2 heterocycles. The lowest BCUT2D eigenvalue weighted by Crippen LogP contribution is -2.13. The molecule has 21 heavy (non-hydrogen) atoms. The second-order valence-electron chi connectivity index (χ2n) is 4.54. The third-order valence-corrected chi connectivity index (χ3v) is 4.65. The van der Waals surface area contributed by atoms with Crippen molar-refractivity contribution in [1.29, 1.82) is 0 Å². The van der Waals surface area contributed by atoms with Crippen LogP contribution in [0, 0.1) is 0 Å². The second-order valence-corrected chi connectivity index (χ2v) is 6.77. The van der Waals surface area contributed by atoms with Crippen molar-refractivity contribution in [3.05, 3.63) is 58.7 Å². The molecule has 3 aromatic rings. The number of carbonyl (C=O) groups is 1. The summed E-state index contributed by atoms with van der Waals surface area (Å²) in [6, 6.07) is 13.1. The summed E-state index contributed by atoms with van der Waals surface area (Å²) >= 11 is 4.78. The molecule has 2 aromatic heterocycles. The number of Topliss-reactive ketones (excluding diaryl/α,β-unsaturated/α-hetero) is 1. The average molecular weight is 362 g/mol. The first-order valence-electron chi connectivity index (χ1n) is 6.41. The maximum atomic E-state index is 12.4. The molecule has 0 spiro atoms. The van der Waals surface area contributed by atoms with Gasteiger partial charge in [-0.1, -0.05) is 45.9 Å². The zero-order valence-corrected chi connectivity index (χ0v) is 13.6. The van der Waals surface area contributed by atoms with Crippen LogP contribution in [0.4, 0.5) is 0 Å². The van der Waals surface area contributed by atoms with Gasteiger partial charge < -0.3 is 0 Å². The molecule has 4 nitrogen and oxygen atoms in total. The van der Waals surface area contributed by atoms with E-state index in [4.69, 9.17) is 0 Å².